The first-order chi connectivity index (χ1) is 13.1. The Morgan fingerprint density at radius 1 is 1.18 bits per heavy atom. The molecule has 12 heteroatoms. The molecule has 0 fully saturated rings. The molecule has 0 saturated heterocycles. The van der Waals surface area contributed by atoms with Crippen LogP contribution in [0.1, 0.15) is 34.7 Å². The molecule has 0 aliphatic heterocycles. The largest absolute Gasteiger partial charge is 0.416 e. The van der Waals surface area contributed by atoms with Gasteiger partial charge in [0.2, 0.25) is 4.73 Å². The topological polar surface area (TPSA) is 85.6 Å². The average molecular weight is 520 g/mol. The van der Waals surface area contributed by atoms with Gasteiger partial charge >= 0.3 is 6.18 Å². The minimum atomic E-state index is -4.56. The van der Waals surface area contributed by atoms with Crippen molar-refractivity contribution in [3.05, 3.63) is 62.8 Å². The van der Waals surface area contributed by atoms with Crippen molar-refractivity contribution in [1.82, 2.24) is 30.0 Å². The van der Waals surface area contributed by atoms with Crippen molar-refractivity contribution in [1.29, 1.82) is 0 Å². The Morgan fingerprint density at radius 2 is 1.86 bits per heavy atom. The van der Waals surface area contributed by atoms with Gasteiger partial charge in [-0.2, -0.15) is 17.9 Å². The highest BCUT2D eigenvalue weighted by Crippen LogP contribution is 2.32. The second kappa shape index (κ2) is 7.95. The summed E-state index contributed by atoms with van der Waals surface area (Å²) in [5.41, 5.74) is -1.07. The molecule has 1 atom stereocenters. The van der Waals surface area contributed by atoms with Crippen molar-refractivity contribution in [2.75, 3.05) is 0 Å². The number of halogens is 5. The lowest BCUT2D eigenvalue weighted by Crippen LogP contribution is -2.28. The SMILES string of the molecule is CC(NC(=O)c1cc(Br)cc(C(F)(F)F)c1)c1nc(Br)n(-c2ncccn2)n1. The van der Waals surface area contributed by atoms with Crippen LogP contribution in [0.3, 0.4) is 0 Å². The number of carbonyl (C=O) groups is 1. The minimum absolute atomic E-state index is 0.140. The van der Waals surface area contributed by atoms with Gasteiger partial charge in [-0.05, 0) is 47.1 Å². The molecule has 146 valence electrons. The van der Waals surface area contributed by atoms with Gasteiger partial charge in [0.05, 0.1) is 11.6 Å². The number of hydrogen-bond donors (Lipinski definition) is 1. The molecule has 0 aliphatic carbocycles. The van der Waals surface area contributed by atoms with Gasteiger partial charge in [0.1, 0.15) is 0 Å². The van der Waals surface area contributed by atoms with E-state index in [-0.39, 0.29) is 21.8 Å². The number of nitrogens with one attached hydrogen (secondary N) is 1. The fourth-order valence-electron chi connectivity index (χ4n) is 2.25. The first-order valence-corrected chi connectivity index (χ1v) is 9.32. The lowest BCUT2D eigenvalue weighted by molar-refractivity contribution is -0.137. The number of benzene rings is 1. The molecule has 1 aromatic carbocycles. The first-order valence-electron chi connectivity index (χ1n) is 7.73. The summed E-state index contributed by atoms with van der Waals surface area (Å²) in [5, 5.41) is 6.81. The maximum absolute atomic E-state index is 13.0. The molecule has 2 aromatic heterocycles. The lowest BCUT2D eigenvalue weighted by Gasteiger charge is -2.13. The Kier molecular flexibility index (Phi) is 5.79. The molecule has 1 amide bonds. The van der Waals surface area contributed by atoms with Gasteiger partial charge in [0.15, 0.2) is 5.82 Å². The zero-order chi connectivity index (χ0) is 20.5. The average Bonchev–Trinajstić information content (AvgIpc) is 3.03. The first kappa shape index (κ1) is 20.4. The standard InChI is InChI=1S/C16H11Br2F3N6O/c1-8(12-25-14(18)27(26-12)15-22-3-2-4-23-15)24-13(28)9-5-10(16(19,20)21)7-11(17)6-9/h2-8H,1H3,(H,24,28). The predicted octanol–water partition coefficient (Wildman–Crippen LogP) is 4.09. The third kappa shape index (κ3) is 4.55. The van der Waals surface area contributed by atoms with Gasteiger partial charge in [0, 0.05) is 22.4 Å². The Balaban J connectivity index is 1.81. The summed E-state index contributed by atoms with van der Waals surface area (Å²) in [6, 6.07) is 3.96. The van der Waals surface area contributed by atoms with Crippen LogP contribution in [0.5, 0.6) is 0 Å². The van der Waals surface area contributed by atoms with E-state index >= 15 is 0 Å². The monoisotopic (exact) mass is 518 g/mol. The van der Waals surface area contributed by atoms with Crippen molar-refractivity contribution in [3.63, 3.8) is 0 Å². The van der Waals surface area contributed by atoms with Gasteiger partial charge in [-0.3, -0.25) is 4.79 Å². The van der Waals surface area contributed by atoms with E-state index in [4.69, 9.17) is 0 Å². The molecule has 0 radical (unpaired) electrons. The van der Waals surface area contributed by atoms with Gasteiger partial charge in [0.25, 0.3) is 11.9 Å². The van der Waals surface area contributed by atoms with E-state index in [9.17, 15) is 18.0 Å². The number of hydrogen-bond acceptors (Lipinski definition) is 5. The summed E-state index contributed by atoms with van der Waals surface area (Å²) in [6.45, 7) is 1.61. The zero-order valence-electron chi connectivity index (χ0n) is 14.1. The molecule has 3 aromatic rings. The van der Waals surface area contributed by atoms with Gasteiger partial charge in [-0.25, -0.2) is 15.0 Å². The van der Waals surface area contributed by atoms with E-state index in [1.54, 1.807) is 13.0 Å². The van der Waals surface area contributed by atoms with Crippen LogP contribution < -0.4 is 5.32 Å². The number of nitrogens with zero attached hydrogens (tertiary/aromatic N) is 5. The van der Waals surface area contributed by atoms with Crippen LogP contribution >= 0.6 is 31.9 Å². The molecule has 2 heterocycles. The van der Waals surface area contributed by atoms with E-state index in [0.29, 0.717) is 4.73 Å². The van der Waals surface area contributed by atoms with Gasteiger partial charge < -0.3 is 5.32 Å². The number of amides is 1. The van der Waals surface area contributed by atoms with Crippen molar-refractivity contribution >= 4 is 37.8 Å². The summed E-state index contributed by atoms with van der Waals surface area (Å²) >= 11 is 6.24. The predicted molar refractivity (Wildman–Crippen MR) is 99.7 cm³/mol. The van der Waals surface area contributed by atoms with Crippen molar-refractivity contribution in [3.8, 4) is 5.95 Å². The highest BCUT2D eigenvalue weighted by Gasteiger charge is 2.32. The van der Waals surface area contributed by atoms with Crippen molar-refractivity contribution < 1.29 is 18.0 Å². The molecule has 7 nitrogen and oxygen atoms in total. The maximum Gasteiger partial charge on any atom is 0.416 e. The second-order valence-corrected chi connectivity index (χ2v) is 7.25. The summed E-state index contributed by atoms with van der Waals surface area (Å²) < 4.78 is 40.7. The Hall–Kier alpha value is -2.34. The fourth-order valence-corrected chi connectivity index (χ4v) is 3.16. The molecule has 0 bridgehead atoms. The molecule has 1 N–H and O–H groups in total. The van der Waals surface area contributed by atoms with Crippen LogP contribution in [0.4, 0.5) is 13.2 Å². The van der Waals surface area contributed by atoms with Crippen LogP contribution in [0.25, 0.3) is 5.95 Å². The Labute approximate surface area is 173 Å². The smallest absolute Gasteiger partial charge is 0.342 e. The van der Waals surface area contributed by atoms with E-state index in [2.05, 4.69) is 57.2 Å². The molecule has 0 spiro atoms. The van der Waals surface area contributed by atoms with Gasteiger partial charge in [-0.15, -0.1) is 5.10 Å². The normalized spacial score (nSPS) is 12.6. The quantitative estimate of drug-likeness (QED) is 0.561. The van der Waals surface area contributed by atoms with E-state index in [0.717, 1.165) is 12.1 Å². The summed E-state index contributed by atoms with van der Waals surface area (Å²) in [4.78, 5) is 24.7. The molecular weight excluding hydrogens is 509 g/mol. The van der Waals surface area contributed by atoms with Crippen LogP contribution in [0.2, 0.25) is 0 Å². The third-order valence-corrected chi connectivity index (χ3v) is 4.52. The van der Waals surface area contributed by atoms with Crippen molar-refractivity contribution in [2.24, 2.45) is 0 Å². The highest BCUT2D eigenvalue weighted by atomic mass is 79.9. The number of rotatable bonds is 4. The van der Waals surface area contributed by atoms with E-state index < -0.39 is 23.7 Å². The molecule has 28 heavy (non-hydrogen) atoms. The van der Waals surface area contributed by atoms with Crippen LogP contribution in [-0.4, -0.2) is 30.6 Å². The number of aromatic nitrogens is 5. The molecule has 3 rings (SSSR count). The maximum atomic E-state index is 13.0. The van der Waals surface area contributed by atoms with Crippen LogP contribution in [-0.2, 0) is 6.18 Å². The third-order valence-electron chi connectivity index (χ3n) is 3.55. The zero-order valence-corrected chi connectivity index (χ0v) is 17.2. The summed E-state index contributed by atoms with van der Waals surface area (Å²) in [5.74, 6) is -0.185. The molecule has 1 unspecified atom stereocenters. The molecule has 0 aliphatic rings. The highest BCUT2D eigenvalue weighted by molar-refractivity contribution is 9.10. The Bertz CT molecular complexity index is 1010. The molecular formula is C16H11Br2F3N6O. The summed E-state index contributed by atoms with van der Waals surface area (Å²) in [7, 11) is 0. The minimum Gasteiger partial charge on any atom is -0.342 e. The van der Waals surface area contributed by atoms with Crippen molar-refractivity contribution in [2.45, 2.75) is 19.1 Å². The second-order valence-electron chi connectivity index (χ2n) is 5.62. The number of carbonyl (C=O) groups excluding carboxylic acids is 1. The van der Waals surface area contributed by atoms with Crippen LogP contribution in [0.15, 0.2) is 45.9 Å². The number of alkyl halides is 3. The lowest BCUT2D eigenvalue weighted by atomic mass is 10.1. The Morgan fingerprint density at radius 3 is 2.50 bits per heavy atom. The van der Waals surface area contributed by atoms with E-state index in [1.807, 2.05) is 0 Å². The van der Waals surface area contributed by atoms with Gasteiger partial charge in [-0.1, -0.05) is 15.9 Å². The fraction of sp³-hybridized carbons (Fsp3) is 0.188. The van der Waals surface area contributed by atoms with E-state index in [1.165, 1.54) is 23.1 Å². The molecule has 0 saturated carbocycles. The van der Waals surface area contributed by atoms with Crippen LogP contribution in [0, 0.1) is 0 Å². The summed E-state index contributed by atoms with van der Waals surface area (Å²) in [6.07, 6.45) is -1.50.